The van der Waals surface area contributed by atoms with Gasteiger partial charge in [-0.2, -0.15) is 0 Å². The molecule has 0 spiro atoms. The van der Waals surface area contributed by atoms with Crippen LogP contribution in [0.25, 0.3) is 5.76 Å². The van der Waals surface area contributed by atoms with Crippen LogP contribution in [0.2, 0.25) is 0 Å². The molecule has 198 valence electrons. The van der Waals surface area contributed by atoms with E-state index in [2.05, 4.69) is 4.98 Å². The van der Waals surface area contributed by atoms with Crippen molar-refractivity contribution in [3.8, 4) is 5.75 Å². The Bertz CT molecular complexity index is 1500. The summed E-state index contributed by atoms with van der Waals surface area (Å²) < 4.78 is 22.1. The summed E-state index contributed by atoms with van der Waals surface area (Å²) in [6.07, 6.45) is 5.75. The number of amides is 1. The van der Waals surface area contributed by atoms with Gasteiger partial charge in [-0.15, -0.1) is 0 Å². The summed E-state index contributed by atoms with van der Waals surface area (Å²) in [5.74, 6) is -1.79. The molecule has 2 heterocycles. The summed E-state index contributed by atoms with van der Waals surface area (Å²) >= 11 is 0. The molecule has 1 aromatic heterocycles. The number of benzene rings is 3. The third-order valence-electron chi connectivity index (χ3n) is 6.80. The molecule has 0 radical (unpaired) electrons. The van der Waals surface area contributed by atoms with Crippen LogP contribution in [-0.4, -0.2) is 37.8 Å². The van der Waals surface area contributed by atoms with Crippen molar-refractivity contribution in [1.29, 1.82) is 0 Å². The minimum atomic E-state index is -0.833. The van der Waals surface area contributed by atoms with Crippen molar-refractivity contribution in [1.82, 2.24) is 14.5 Å². The molecule has 1 aliphatic rings. The molecule has 1 unspecified atom stereocenters. The number of aromatic nitrogens is 2. The predicted octanol–water partition coefficient (Wildman–Crippen LogP) is 5.42. The normalized spacial score (nSPS) is 16.6. The Morgan fingerprint density at radius 1 is 1.03 bits per heavy atom. The number of ketones is 1. The lowest BCUT2D eigenvalue weighted by molar-refractivity contribution is -0.139. The van der Waals surface area contributed by atoms with Crippen molar-refractivity contribution in [2.45, 2.75) is 32.5 Å². The number of rotatable bonds is 9. The Morgan fingerprint density at radius 2 is 1.79 bits per heavy atom. The van der Waals surface area contributed by atoms with Crippen LogP contribution in [0.4, 0.5) is 4.39 Å². The van der Waals surface area contributed by atoms with E-state index in [9.17, 15) is 19.1 Å². The third-order valence-corrected chi connectivity index (χ3v) is 6.80. The van der Waals surface area contributed by atoms with E-state index in [1.807, 2.05) is 41.1 Å². The average molecular weight is 526 g/mol. The number of hydrogen-bond donors (Lipinski definition) is 1. The number of carbonyl (C=O) groups is 2. The van der Waals surface area contributed by atoms with Gasteiger partial charge >= 0.3 is 0 Å². The molecule has 0 bridgehead atoms. The van der Waals surface area contributed by atoms with E-state index >= 15 is 0 Å². The fourth-order valence-electron chi connectivity index (χ4n) is 4.68. The monoisotopic (exact) mass is 525 g/mol. The lowest BCUT2D eigenvalue weighted by Crippen LogP contribution is -2.31. The van der Waals surface area contributed by atoms with Gasteiger partial charge in [-0.05, 0) is 48.2 Å². The first kappa shape index (κ1) is 25.9. The number of imidazole rings is 1. The number of ether oxygens (including phenoxy) is 1. The maximum Gasteiger partial charge on any atom is 0.295 e. The first-order valence-electron chi connectivity index (χ1n) is 12.7. The maximum atomic E-state index is 14.3. The van der Waals surface area contributed by atoms with Crippen LogP contribution in [0.5, 0.6) is 5.75 Å². The molecule has 1 amide bonds. The smallest absolute Gasteiger partial charge is 0.295 e. The van der Waals surface area contributed by atoms with E-state index in [1.165, 1.54) is 23.1 Å². The Kier molecular flexibility index (Phi) is 7.54. The number of nitrogens with zero attached hydrogens (tertiary/aromatic N) is 3. The Hall–Kier alpha value is -4.72. The third kappa shape index (κ3) is 5.60. The molecule has 1 atom stereocenters. The number of aliphatic hydroxyl groups is 1. The van der Waals surface area contributed by atoms with Crippen LogP contribution in [0.1, 0.15) is 34.7 Å². The van der Waals surface area contributed by atoms with Crippen molar-refractivity contribution < 1.29 is 23.8 Å². The van der Waals surface area contributed by atoms with Gasteiger partial charge in [-0.1, -0.05) is 54.6 Å². The first-order valence-corrected chi connectivity index (χ1v) is 12.7. The van der Waals surface area contributed by atoms with E-state index in [0.29, 0.717) is 36.4 Å². The van der Waals surface area contributed by atoms with Crippen molar-refractivity contribution in [2.24, 2.45) is 0 Å². The van der Waals surface area contributed by atoms with Crippen LogP contribution < -0.4 is 4.74 Å². The minimum absolute atomic E-state index is 0.0659. The second-order valence-electron chi connectivity index (χ2n) is 9.45. The summed E-state index contributed by atoms with van der Waals surface area (Å²) in [7, 11) is 0. The fraction of sp³-hybridized carbons (Fsp3) is 0.194. The van der Waals surface area contributed by atoms with Gasteiger partial charge in [0.05, 0.1) is 17.9 Å². The SMILES string of the molecule is Cc1ccc(/C(O)=C2/C(=O)C(=O)N(CCCn3ccnc3)C2c2ccc(OCc3ccccc3)cc2)cc1F. The summed E-state index contributed by atoms with van der Waals surface area (Å²) in [5.41, 5.74) is 2.15. The highest BCUT2D eigenvalue weighted by molar-refractivity contribution is 6.46. The van der Waals surface area contributed by atoms with Crippen molar-refractivity contribution in [3.63, 3.8) is 0 Å². The van der Waals surface area contributed by atoms with Crippen molar-refractivity contribution in [2.75, 3.05) is 6.54 Å². The summed E-state index contributed by atoms with van der Waals surface area (Å²) in [6.45, 7) is 2.88. The first-order chi connectivity index (χ1) is 18.9. The molecule has 0 saturated carbocycles. The van der Waals surface area contributed by atoms with Gasteiger partial charge in [0.2, 0.25) is 0 Å². The van der Waals surface area contributed by atoms with E-state index in [4.69, 9.17) is 4.74 Å². The van der Waals surface area contributed by atoms with Gasteiger partial charge in [0.25, 0.3) is 11.7 Å². The van der Waals surface area contributed by atoms with Gasteiger partial charge in [0.15, 0.2) is 0 Å². The van der Waals surface area contributed by atoms with Crippen molar-refractivity contribution >= 4 is 17.4 Å². The average Bonchev–Trinajstić information content (AvgIpc) is 3.56. The van der Waals surface area contributed by atoms with Gasteiger partial charge < -0.3 is 19.3 Å². The molecule has 39 heavy (non-hydrogen) atoms. The van der Waals surface area contributed by atoms with E-state index in [1.54, 1.807) is 43.7 Å². The highest BCUT2D eigenvalue weighted by Crippen LogP contribution is 2.40. The second kappa shape index (κ2) is 11.3. The van der Waals surface area contributed by atoms with Crippen LogP contribution >= 0.6 is 0 Å². The van der Waals surface area contributed by atoms with E-state index < -0.39 is 29.3 Å². The number of aryl methyl sites for hydroxylation is 2. The molecule has 5 rings (SSSR count). The zero-order valence-corrected chi connectivity index (χ0v) is 21.5. The lowest BCUT2D eigenvalue weighted by atomic mass is 9.95. The second-order valence-corrected chi connectivity index (χ2v) is 9.45. The topological polar surface area (TPSA) is 84.7 Å². The summed E-state index contributed by atoms with van der Waals surface area (Å²) in [6, 6.07) is 20.3. The molecular weight excluding hydrogens is 497 g/mol. The standard InChI is InChI=1S/C31H28FN3O4/c1-21-8-9-24(18-26(21)32)29(36)27-28(35(31(38)30(27)37)16-5-15-34-17-14-33-20-34)23-10-12-25(13-11-23)39-19-22-6-3-2-4-7-22/h2-4,6-14,17-18,20,28,36H,5,15-16,19H2,1H3/b29-27-. The van der Waals surface area contributed by atoms with Crippen LogP contribution in [0.15, 0.2) is 97.1 Å². The largest absolute Gasteiger partial charge is 0.507 e. The van der Waals surface area contributed by atoms with Gasteiger partial charge in [0, 0.05) is 31.0 Å². The zero-order valence-electron chi connectivity index (χ0n) is 21.5. The fourth-order valence-corrected chi connectivity index (χ4v) is 4.68. The number of Topliss-reactive ketones (excluding diaryl/α,β-unsaturated/α-hetero) is 1. The highest BCUT2D eigenvalue weighted by Gasteiger charge is 2.45. The van der Waals surface area contributed by atoms with Crippen LogP contribution in [0, 0.1) is 12.7 Å². The maximum absolute atomic E-state index is 14.3. The van der Waals surface area contributed by atoms with E-state index in [0.717, 1.165) is 5.56 Å². The highest BCUT2D eigenvalue weighted by atomic mass is 19.1. The molecule has 1 fully saturated rings. The minimum Gasteiger partial charge on any atom is -0.507 e. The predicted molar refractivity (Wildman–Crippen MR) is 144 cm³/mol. The molecule has 4 aromatic rings. The Balaban J connectivity index is 1.46. The lowest BCUT2D eigenvalue weighted by Gasteiger charge is -2.25. The quantitative estimate of drug-likeness (QED) is 0.179. The number of carbonyl (C=O) groups excluding carboxylic acids is 2. The Labute approximate surface area is 225 Å². The molecule has 1 N–H and O–H groups in total. The molecule has 0 aliphatic carbocycles. The summed E-state index contributed by atoms with van der Waals surface area (Å²) in [4.78, 5) is 31.9. The number of aliphatic hydroxyl groups excluding tert-OH is 1. The van der Waals surface area contributed by atoms with Gasteiger partial charge in [-0.3, -0.25) is 9.59 Å². The van der Waals surface area contributed by atoms with E-state index in [-0.39, 0.29) is 17.7 Å². The van der Waals surface area contributed by atoms with Crippen LogP contribution in [-0.2, 0) is 22.7 Å². The molecule has 1 aliphatic heterocycles. The van der Waals surface area contributed by atoms with Gasteiger partial charge in [-0.25, -0.2) is 9.37 Å². The zero-order chi connectivity index (χ0) is 27.4. The molecule has 7 nitrogen and oxygen atoms in total. The Morgan fingerprint density at radius 3 is 2.49 bits per heavy atom. The number of hydrogen-bond acceptors (Lipinski definition) is 5. The molecule has 8 heteroatoms. The molecule has 3 aromatic carbocycles. The van der Waals surface area contributed by atoms with Crippen molar-refractivity contribution in [3.05, 3.63) is 125 Å². The molecule has 1 saturated heterocycles. The number of likely N-dealkylation sites (tertiary alicyclic amines) is 1. The number of halogens is 1. The molecular formula is C31H28FN3O4. The van der Waals surface area contributed by atoms with Crippen LogP contribution in [0.3, 0.4) is 0 Å². The summed E-state index contributed by atoms with van der Waals surface area (Å²) in [5, 5.41) is 11.2. The van der Waals surface area contributed by atoms with Gasteiger partial charge in [0.1, 0.15) is 23.9 Å².